The molecule has 0 spiro atoms. The summed E-state index contributed by atoms with van der Waals surface area (Å²) in [6.45, 7) is 5.49. The molecular weight excluding hydrogens is 254 g/mol. The van der Waals surface area contributed by atoms with Crippen molar-refractivity contribution < 1.29 is 9.53 Å². The SMILES string of the molecule is CC(C)N(C)CCNC(=O)COc1ccccc1C#N. The normalized spacial score (nSPS) is 10.4. The van der Waals surface area contributed by atoms with Gasteiger partial charge in [-0.1, -0.05) is 12.1 Å². The van der Waals surface area contributed by atoms with Gasteiger partial charge in [0.15, 0.2) is 6.61 Å². The molecule has 0 saturated carbocycles. The van der Waals surface area contributed by atoms with Crippen LogP contribution in [0, 0.1) is 11.3 Å². The van der Waals surface area contributed by atoms with Gasteiger partial charge in [-0.25, -0.2) is 0 Å². The molecule has 0 aliphatic heterocycles. The number of rotatable bonds is 7. The van der Waals surface area contributed by atoms with Gasteiger partial charge in [-0.15, -0.1) is 0 Å². The number of para-hydroxylation sites is 1. The van der Waals surface area contributed by atoms with E-state index in [1.807, 2.05) is 13.1 Å². The molecule has 1 rings (SSSR count). The number of hydrogen-bond acceptors (Lipinski definition) is 4. The Morgan fingerprint density at radius 3 is 2.80 bits per heavy atom. The first-order valence-electron chi connectivity index (χ1n) is 6.63. The summed E-state index contributed by atoms with van der Waals surface area (Å²) in [5.74, 6) is 0.249. The molecule has 0 saturated heterocycles. The number of nitrogens with zero attached hydrogens (tertiary/aromatic N) is 2. The van der Waals surface area contributed by atoms with Gasteiger partial charge in [0.2, 0.25) is 0 Å². The average Bonchev–Trinajstić information content (AvgIpc) is 2.45. The van der Waals surface area contributed by atoms with E-state index in [2.05, 4.69) is 24.1 Å². The number of nitrogens with one attached hydrogen (secondary N) is 1. The van der Waals surface area contributed by atoms with E-state index in [4.69, 9.17) is 10.00 Å². The standard InChI is InChI=1S/C15H21N3O2/c1-12(2)18(3)9-8-17-15(19)11-20-14-7-5-4-6-13(14)10-16/h4-7,12H,8-9,11H2,1-3H3,(H,17,19). The minimum Gasteiger partial charge on any atom is -0.482 e. The Balaban J connectivity index is 2.32. The molecular formula is C15H21N3O2. The zero-order valence-electron chi connectivity index (χ0n) is 12.2. The van der Waals surface area contributed by atoms with Crippen LogP contribution in [-0.2, 0) is 4.79 Å². The molecule has 1 amide bonds. The molecule has 108 valence electrons. The second-order valence-electron chi connectivity index (χ2n) is 4.82. The Labute approximate surface area is 120 Å². The number of nitriles is 1. The first-order valence-corrected chi connectivity index (χ1v) is 6.63. The van der Waals surface area contributed by atoms with E-state index >= 15 is 0 Å². The van der Waals surface area contributed by atoms with Crippen molar-refractivity contribution in [1.82, 2.24) is 10.2 Å². The summed E-state index contributed by atoms with van der Waals surface area (Å²) in [5.41, 5.74) is 0.430. The van der Waals surface area contributed by atoms with E-state index < -0.39 is 0 Å². The molecule has 1 N–H and O–H groups in total. The first kappa shape index (κ1) is 16.0. The fourth-order valence-electron chi connectivity index (χ4n) is 1.51. The van der Waals surface area contributed by atoms with Crippen LogP contribution in [0.3, 0.4) is 0 Å². The lowest BCUT2D eigenvalue weighted by molar-refractivity contribution is -0.123. The molecule has 0 aliphatic carbocycles. The van der Waals surface area contributed by atoms with Gasteiger partial charge in [0, 0.05) is 19.1 Å². The van der Waals surface area contributed by atoms with Gasteiger partial charge in [-0.3, -0.25) is 4.79 Å². The van der Waals surface area contributed by atoms with Gasteiger partial charge >= 0.3 is 0 Å². The number of likely N-dealkylation sites (N-methyl/N-ethyl adjacent to an activating group) is 1. The maximum atomic E-state index is 11.6. The first-order chi connectivity index (χ1) is 9.54. The smallest absolute Gasteiger partial charge is 0.257 e. The highest BCUT2D eigenvalue weighted by Gasteiger charge is 2.07. The van der Waals surface area contributed by atoms with Gasteiger partial charge in [-0.2, -0.15) is 5.26 Å². The molecule has 1 aromatic rings. The second kappa shape index (κ2) is 8.18. The lowest BCUT2D eigenvalue weighted by atomic mass is 10.2. The van der Waals surface area contributed by atoms with Crippen molar-refractivity contribution in [3.05, 3.63) is 29.8 Å². The van der Waals surface area contributed by atoms with Gasteiger partial charge in [0.25, 0.3) is 5.91 Å². The predicted octanol–water partition coefficient (Wildman–Crippen LogP) is 1.39. The Kier molecular flexibility index (Phi) is 6.54. The Morgan fingerprint density at radius 1 is 1.45 bits per heavy atom. The van der Waals surface area contributed by atoms with Crippen LogP contribution in [0.4, 0.5) is 0 Å². The predicted molar refractivity (Wildman–Crippen MR) is 77.4 cm³/mol. The summed E-state index contributed by atoms with van der Waals surface area (Å²) in [6, 6.07) is 9.34. The summed E-state index contributed by atoms with van der Waals surface area (Å²) >= 11 is 0. The van der Waals surface area contributed by atoms with Gasteiger partial charge < -0.3 is 15.0 Å². The molecule has 1 aromatic carbocycles. The highest BCUT2D eigenvalue weighted by atomic mass is 16.5. The number of carbonyl (C=O) groups is 1. The van der Waals surface area contributed by atoms with Crippen LogP contribution >= 0.6 is 0 Å². The van der Waals surface area contributed by atoms with E-state index in [0.29, 0.717) is 23.9 Å². The van der Waals surface area contributed by atoms with Crippen LogP contribution in [0.25, 0.3) is 0 Å². The zero-order valence-corrected chi connectivity index (χ0v) is 12.2. The number of ether oxygens (including phenoxy) is 1. The molecule has 5 heteroatoms. The summed E-state index contributed by atoms with van der Waals surface area (Å²) in [6.07, 6.45) is 0. The Bertz CT molecular complexity index is 480. The van der Waals surface area contributed by atoms with Gasteiger partial charge in [0.05, 0.1) is 5.56 Å². The molecule has 0 aliphatic rings. The van der Waals surface area contributed by atoms with Gasteiger partial charge in [-0.05, 0) is 33.0 Å². The van der Waals surface area contributed by atoms with Crippen molar-refractivity contribution in [1.29, 1.82) is 5.26 Å². The number of benzene rings is 1. The van der Waals surface area contributed by atoms with Crippen LogP contribution in [0.2, 0.25) is 0 Å². The molecule has 0 aromatic heterocycles. The van der Waals surface area contributed by atoms with E-state index in [9.17, 15) is 4.79 Å². The molecule has 20 heavy (non-hydrogen) atoms. The van der Waals surface area contributed by atoms with E-state index in [1.165, 1.54) is 0 Å². The van der Waals surface area contributed by atoms with E-state index in [-0.39, 0.29) is 12.5 Å². The Morgan fingerprint density at radius 2 is 2.15 bits per heavy atom. The number of hydrogen-bond donors (Lipinski definition) is 1. The molecule has 0 unspecified atom stereocenters. The number of carbonyl (C=O) groups excluding carboxylic acids is 1. The van der Waals surface area contributed by atoms with Crippen LogP contribution in [-0.4, -0.2) is 43.6 Å². The minimum atomic E-state index is -0.185. The van der Waals surface area contributed by atoms with Crippen molar-refractivity contribution in [2.75, 3.05) is 26.7 Å². The largest absolute Gasteiger partial charge is 0.482 e. The monoisotopic (exact) mass is 275 g/mol. The van der Waals surface area contributed by atoms with Crippen LogP contribution in [0.5, 0.6) is 5.75 Å². The number of amides is 1. The summed E-state index contributed by atoms with van der Waals surface area (Å²) in [7, 11) is 2.01. The van der Waals surface area contributed by atoms with Crippen molar-refractivity contribution in [2.24, 2.45) is 0 Å². The highest BCUT2D eigenvalue weighted by Crippen LogP contribution is 2.15. The molecule has 0 atom stereocenters. The van der Waals surface area contributed by atoms with Crippen molar-refractivity contribution in [3.8, 4) is 11.8 Å². The van der Waals surface area contributed by atoms with Crippen molar-refractivity contribution >= 4 is 5.91 Å². The van der Waals surface area contributed by atoms with Crippen LogP contribution in [0.15, 0.2) is 24.3 Å². The second-order valence-corrected chi connectivity index (χ2v) is 4.82. The fraction of sp³-hybridized carbons (Fsp3) is 0.467. The van der Waals surface area contributed by atoms with Gasteiger partial charge in [0.1, 0.15) is 11.8 Å². The molecule has 5 nitrogen and oxygen atoms in total. The van der Waals surface area contributed by atoms with Crippen molar-refractivity contribution in [3.63, 3.8) is 0 Å². The molecule has 0 bridgehead atoms. The third-order valence-corrected chi connectivity index (χ3v) is 3.03. The summed E-state index contributed by atoms with van der Waals surface area (Å²) in [4.78, 5) is 13.8. The van der Waals surface area contributed by atoms with E-state index in [1.54, 1.807) is 24.3 Å². The third kappa shape index (κ3) is 5.29. The minimum absolute atomic E-state index is 0.0793. The zero-order chi connectivity index (χ0) is 15.0. The van der Waals surface area contributed by atoms with Crippen molar-refractivity contribution in [2.45, 2.75) is 19.9 Å². The topological polar surface area (TPSA) is 65.4 Å². The molecule has 0 radical (unpaired) electrons. The van der Waals surface area contributed by atoms with Crippen LogP contribution < -0.4 is 10.1 Å². The maximum absolute atomic E-state index is 11.6. The quantitative estimate of drug-likeness (QED) is 0.816. The highest BCUT2D eigenvalue weighted by molar-refractivity contribution is 5.77. The third-order valence-electron chi connectivity index (χ3n) is 3.03. The Hall–Kier alpha value is -2.06. The molecule has 0 fully saturated rings. The van der Waals surface area contributed by atoms with E-state index in [0.717, 1.165) is 6.54 Å². The average molecular weight is 275 g/mol. The lowest BCUT2D eigenvalue weighted by Gasteiger charge is -2.20. The maximum Gasteiger partial charge on any atom is 0.257 e. The molecule has 0 heterocycles. The fourth-order valence-corrected chi connectivity index (χ4v) is 1.51. The summed E-state index contributed by atoms with van der Waals surface area (Å²) < 4.78 is 5.35. The lowest BCUT2D eigenvalue weighted by Crippen LogP contribution is -2.37. The summed E-state index contributed by atoms with van der Waals surface area (Å²) in [5, 5.41) is 11.7. The van der Waals surface area contributed by atoms with Crippen LogP contribution in [0.1, 0.15) is 19.4 Å².